The summed E-state index contributed by atoms with van der Waals surface area (Å²) in [5, 5.41) is 20.6. The molecular weight excluding hydrogens is 284 g/mol. The first-order valence-electron chi connectivity index (χ1n) is 5.57. The second-order valence-corrected chi connectivity index (χ2v) is 4.24. The number of hydrogen-bond donors (Lipinski definition) is 1. The minimum absolute atomic E-state index is 0.0250. The summed E-state index contributed by atoms with van der Waals surface area (Å²) in [6, 6.07) is 8.92. The molecular formula is C12H9ClN4O3. The van der Waals surface area contributed by atoms with Crippen LogP contribution in [0.25, 0.3) is 0 Å². The molecule has 1 heterocycles. The normalized spacial score (nSPS) is 10.1. The number of nitro groups is 1. The molecule has 0 atom stereocenters. The Morgan fingerprint density at radius 1 is 1.30 bits per heavy atom. The van der Waals surface area contributed by atoms with Gasteiger partial charge in [0.2, 0.25) is 0 Å². The lowest BCUT2D eigenvalue weighted by Gasteiger charge is -2.04. The fourth-order valence-corrected chi connectivity index (χ4v) is 1.59. The number of hydrogen-bond acceptors (Lipinski definition) is 5. The summed E-state index contributed by atoms with van der Waals surface area (Å²) >= 11 is 5.57. The Kier molecular flexibility index (Phi) is 4.21. The molecule has 1 amide bonds. The Bertz CT molecular complexity index is 645. The van der Waals surface area contributed by atoms with E-state index in [2.05, 4.69) is 15.5 Å². The van der Waals surface area contributed by atoms with Gasteiger partial charge in [-0.3, -0.25) is 14.9 Å². The average Bonchev–Trinajstić information content (AvgIpc) is 2.46. The second-order valence-electron chi connectivity index (χ2n) is 3.85. The molecule has 1 aromatic carbocycles. The number of carbonyl (C=O) groups excluding carboxylic acids is 1. The van der Waals surface area contributed by atoms with Gasteiger partial charge in [0, 0.05) is 18.7 Å². The number of halogens is 1. The van der Waals surface area contributed by atoms with Crippen molar-refractivity contribution in [2.24, 2.45) is 0 Å². The summed E-state index contributed by atoms with van der Waals surface area (Å²) in [5.74, 6) is -0.430. The number of nitrogens with one attached hydrogen (secondary N) is 1. The summed E-state index contributed by atoms with van der Waals surface area (Å²) in [4.78, 5) is 21.9. The zero-order valence-corrected chi connectivity index (χ0v) is 10.9. The number of carbonyl (C=O) groups is 1. The molecule has 0 aliphatic carbocycles. The Morgan fingerprint density at radius 2 is 2.10 bits per heavy atom. The van der Waals surface area contributed by atoms with Crippen molar-refractivity contribution in [3.8, 4) is 0 Å². The summed E-state index contributed by atoms with van der Waals surface area (Å²) < 4.78 is 0. The molecule has 2 aromatic rings. The van der Waals surface area contributed by atoms with Crippen LogP contribution in [0, 0.1) is 10.1 Å². The van der Waals surface area contributed by atoms with Crippen molar-refractivity contribution in [1.82, 2.24) is 15.5 Å². The zero-order chi connectivity index (χ0) is 14.5. The lowest BCUT2D eigenvalue weighted by molar-refractivity contribution is -0.384. The van der Waals surface area contributed by atoms with Crippen molar-refractivity contribution in [2.45, 2.75) is 6.54 Å². The van der Waals surface area contributed by atoms with Gasteiger partial charge in [-0.25, -0.2) is 0 Å². The topological polar surface area (TPSA) is 98.0 Å². The molecule has 0 saturated heterocycles. The fourth-order valence-electron chi connectivity index (χ4n) is 1.49. The average molecular weight is 293 g/mol. The van der Waals surface area contributed by atoms with Crippen LogP contribution in [0.1, 0.15) is 16.1 Å². The summed E-state index contributed by atoms with van der Waals surface area (Å²) in [6.45, 7) is 0.158. The molecule has 1 N–H and O–H groups in total. The predicted molar refractivity (Wildman–Crippen MR) is 71.3 cm³/mol. The van der Waals surface area contributed by atoms with E-state index >= 15 is 0 Å². The van der Waals surface area contributed by atoms with E-state index in [0.717, 1.165) is 0 Å². The van der Waals surface area contributed by atoms with Gasteiger partial charge in [-0.1, -0.05) is 23.7 Å². The predicted octanol–water partition coefficient (Wildman–Crippen LogP) is 1.97. The van der Waals surface area contributed by atoms with Gasteiger partial charge < -0.3 is 5.32 Å². The molecule has 1 aromatic heterocycles. The monoisotopic (exact) mass is 292 g/mol. The van der Waals surface area contributed by atoms with E-state index in [1.54, 1.807) is 12.1 Å². The van der Waals surface area contributed by atoms with Gasteiger partial charge in [0.25, 0.3) is 11.6 Å². The molecule has 0 saturated carbocycles. The van der Waals surface area contributed by atoms with E-state index in [0.29, 0.717) is 5.56 Å². The number of non-ortho nitro benzene ring substituents is 1. The maximum absolute atomic E-state index is 11.8. The highest BCUT2D eigenvalue weighted by molar-refractivity contribution is 6.29. The van der Waals surface area contributed by atoms with E-state index in [1.807, 2.05) is 0 Å². The number of nitro benzene ring substituents is 1. The van der Waals surface area contributed by atoms with Crippen LogP contribution in [-0.2, 0) is 6.54 Å². The van der Waals surface area contributed by atoms with E-state index in [-0.39, 0.29) is 23.1 Å². The highest BCUT2D eigenvalue weighted by Gasteiger charge is 2.09. The van der Waals surface area contributed by atoms with Crippen molar-refractivity contribution in [3.63, 3.8) is 0 Å². The molecule has 0 aliphatic rings. The Hall–Kier alpha value is -2.54. The van der Waals surface area contributed by atoms with E-state index < -0.39 is 10.8 Å². The van der Waals surface area contributed by atoms with Crippen LogP contribution in [0.5, 0.6) is 0 Å². The summed E-state index contributed by atoms with van der Waals surface area (Å²) in [5.41, 5.74) is 0.720. The maximum Gasteiger partial charge on any atom is 0.272 e. The number of amides is 1. The highest BCUT2D eigenvalue weighted by atomic mass is 35.5. The third kappa shape index (κ3) is 3.48. The lowest BCUT2D eigenvalue weighted by atomic mass is 10.2. The molecule has 0 spiro atoms. The van der Waals surface area contributed by atoms with Crippen LogP contribution < -0.4 is 5.32 Å². The quantitative estimate of drug-likeness (QED) is 0.686. The van der Waals surface area contributed by atoms with E-state index in [1.165, 1.54) is 24.3 Å². The van der Waals surface area contributed by atoms with Gasteiger partial charge in [-0.15, -0.1) is 10.2 Å². The molecule has 20 heavy (non-hydrogen) atoms. The summed E-state index contributed by atoms with van der Waals surface area (Å²) in [7, 11) is 0. The minimum atomic E-state index is -0.490. The second kappa shape index (κ2) is 6.07. The van der Waals surface area contributed by atoms with E-state index in [4.69, 9.17) is 11.6 Å². The molecule has 2 rings (SSSR count). The van der Waals surface area contributed by atoms with Crippen LogP contribution in [0.4, 0.5) is 5.69 Å². The molecule has 0 fully saturated rings. The third-order valence-corrected chi connectivity index (χ3v) is 2.64. The molecule has 0 radical (unpaired) electrons. The molecule has 8 heteroatoms. The fraction of sp³-hybridized carbons (Fsp3) is 0.0833. The number of rotatable bonds is 4. The SMILES string of the molecule is O=C(NCc1cccc([N+](=O)[O-])c1)c1ccc(Cl)nn1. The number of aromatic nitrogens is 2. The van der Waals surface area contributed by atoms with Gasteiger partial charge in [-0.2, -0.15) is 0 Å². The van der Waals surface area contributed by atoms with Gasteiger partial charge in [0.05, 0.1) is 4.92 Å². The molecule has 102 valence electrons. The van der Waals surface area contributed by atoms with Crippen molar-refractivity contribution in [1.29, 1.82) is 0 Å². The van der Waals surface area contributed by atoms with Crippen LogP contribution in [-0.4, -0.2) is 21.0 Å². The van der Waals surface area contributed by atoms with Crippen LogP contribution in [0.3, 0.4) is 0 Å². The van der Waals surface area contributed by atoms with E-state index in [9.17, 15) is 14.9 Å². The molecule has 7 nitrogen and oxygen atoms in total. The standard InChI is InChI=1S/C12H9ClN4O3/c13-11-5-4-10(15-16-11)12(18)14-7-8-2-1-3-9(6-8)17(19)20/h1-6H,7H2,(H,14,18). The summed E-state index contributed by atoms with van der Waals surface area (Å²) in [6.07, 6.45) is 0. The first kappa shape index (κ1) is 13.9. The third-order valence-electron chi connectivity index (χ3n) is 2.44. The molecule has 0 aliphatic heterocycles. The van der Waals surface area contributed by atoms with Crippen molar-refractivity contribution in [3.05, 3.63) is 62.9 Å². The van der Waals surface area contributed by atoms with Crippen LogP contribution in [0.2, 0.25) is 5.15 Å². The van der Waals surface area contributed by atoms with Crippen molar-refractivity contribution >= 4 is 23.2 Å². The van der Waals surface area contributed by atoms with Gasteiger partial charge in [-0.05, 0) is 17.7 Å². The Labute approximate surface area is 118 Å². The Balaban J connectivity index is 2.01. The first-order chi connectivity index (χ1) is 9.56. The van der Waals surface area contributed by atoms with Gasteiger partial charge >= 0.3 is 0 Å². The van der Waals surface area contributed by atoms with Crippen molar-refractivity contribution < 1.29 is 9.72 Å². The highest BCUT2D eigenvalue weighted by Crippen LogP contribution is 2.12. The molecule has 0 unspecified atom stereocenters. The largest absolute Gasteiger partial charge is 0.347 e. The minimum Gasteiger partial charge on any atom is -0.347 e. The first-order valence-corrected chi connectivity index (χ1v) is 5.95. The van der Waals surface area contributed by atoms with Gasteiger partial charge in [0.15, 0.2) is 10.8 Å². The number of nitrogens with zero attached hydrogens (tertiary/aromatic N) is 3. The lowest BCUT2D eigenvalue weighted by Crippen LogP contribution is -2.24. The maximum atomic E-state index is 11.8. The Morgan fingerprint density at radius 3 is 2.75 bits per heavy atom. The molecule has 0 bridgehead atoms. The van der Waals surface area contributed by atoms with Crippen LogP contribution >= 0.6 is 11.6 Å². The van der Waals surface area contributed by atoms with Gasteiger partial charge in [0.1, 0.15) is 0 Å². The smallest absolute Gasteiger partial charge is 0.272 e. The zero-order valence-electron chi connectivity index (χ0n) is 10.1. The number of benzene rings is 1. The van der Waals surface area contributed by atoms with Crippen LogP contribution in [0.15, 0.2) is 36.4 Å². The van der Waals surface area contributed by atoms with Crippen molar-refractivity contribution in [2.75, 3.05) is 0 Å².